The minimum atomic E-state index is 0.186. The summed E-state index contributed by atoms with van der Waals surface area (Å²) in [5, 5.41) is 10.6. The molecule has 3 heteroatoms. The summed E-state index contributed by atoms with van der Waals surface area (Å²) >= 11 is 6.16. The van der Waals surface area contributed by atoms with Gasteiger partial charge in [0.25, 0.3) is 0 Å². The second-order valence-corrected chi connectivity index (χ2v) is 6.89. The molecule has 2 atom stereocenters. The monoisotopic (exact) mass is 325 g/mol. The van der Waals surface area contributed by atoms with Crippen LogP contribution >= 0.6 is 11.6 Å². The van der Waals surface area contributed by atoms with Crippen LogP contribution in [0.5, 0.6) is 5.75 Å². The summed E-state index contributed by atoms with van der Waals surface area (Å²) in [5.74, 6) is 0.484. The lowest BCUT2D eigenvalue weighted by molar-refractivity contribution is 0.219. The minimum Gasteiger partial charge on any atom is -0.506 e. The van der Waals surface area contributed by atoms with E-state index in [0.29, 0.717) is 17.0 Å². The highest BCUT2D eigenvalue weighted by atomic mass is 35.5. The number of fused-ring (bicyclic) bond motifs is 5. The molecule has 118 valence electrons. The first-order valence-electron chi connectivity index (χ1n) is 8.13. The average molecular weight is 326 g/mol. The van der Waals surface area contributed by atoms with Gasteiger partial charge in [0.2, 0.25) is 0 Å². The molecule has 0 fully saturated rings. The Kier molecular flexibility index (Phi) is 3.67. The SMILES string of the molecule is C=CCN1CCc2cc(Cl)c(O)cc2C2c3ccccc3CC21. The summed E-state index contributed by atoms with van der Waals surface area (Å²) in [7, 11) is 0. The molecule has 0 radical (unpaired) electrons. The van der Waals surface area contributed by atoms with E-state index in [1.807, 2.05) is 18.2 Å². The molecule has 23 heavy (non-hydrogen) atoms. The van der Waals surface area contributed by atoms with E-state index in [-0.39, 0.29) is 5.75 Å². The standard InChI is InChI=1S/C20H20ClNO/c1-2-8-22-9-7-14-10-17(21)19(23)12-16(14)20-15-6-4-3-5-13(15)11-18(20)22/h2-6,10,12,18,20,23H,1,7-9,11H2. The molecule has 2 aromatic carbocycles. The summed E-state index contributed by atoms with van der Waals surface area (Å²) < 4.78 is 0. The molecule has 2 aliphatic rings. The van der Waals surface area contributed by atoms with E-state index < -0.39 is 0 Å². The van der Waals surface area contributed by atoms with E-state index in [1.54, 1.807) is 0 Å². The maximum atomic E-state index is 10.1. The highest BCUT2D eigenvalue weighted by Crippen LogP contribution is 2.45. The van der Waals surface area contributed by atoms with Gasteiger partial charge in [0.1, 0.15) is 5.75 Å². The lowest BCUT2D eigenvalue weighted by atomic mass is 9.87. The molecular weight excluding hydrogens is 306 g/mol. The van der Waals surface area contributed by atoms with Gasteiger partial charge in [0.05, 0.1) is 5.02 Å². The minimum absolute atomic E-state index is 0.186. The quantitative estimate of drug-likeness (QED) is 0.839. The maximum Gasteiger partial charge on any atom is 0.134 e. The van der Waals surface area contributed by atoms with Crippen molar-refractivity contribution in [2.24, 2.45) is 0 Å². The number of aromatic hydroxyl groups is 1. The largest absolute Gasteiger partial charge is 0.506 e. The van der Waals surface area contributed by atoms with Crippen molar-refractivity contribution < 1.29 is 5.11 Å². The molecule has 4 rings (SSSR count). The Morgan fingerprint density at radius 3 is 2.87 bits per heavy atom. The van der Waals surface area contributed by atoms with E-state index in [4.69, 9.17) is 11.6 Å². The Bertz CT molecular complexity index is 770. The van der Waals surface area contributed by atoms with Crippen LogP contribution in [0.3, 0.4) is 0 Å². The molecular formula is C20H20ClNO. The van der Waals surface area contributed by atoms with Crippen molar-refractivity contribution in [3.63, 3.8) is 0 Å². The predicted octanol–water partition coefficient (Wildman–Crippen LogP) is 4.15. The Morgan fingerprint density at radius 1 is 1.22 bits per heavy atom. The van der Waals surface area contributed by atoms with Gasteiger partial charge in [0, 0.05) is 25.0 Å². The number of benzene rings is 2. The number of phenolic OH excluding ortho intramolecular Hbond substituents is 1. The first-order chi connectivity index (χ1) is 11.2. The van der Waals surface area contributed by atoms with Crippen LogP contribution in [0, 0.1) is 0 Å². The molecule has 1 heterocycles. The van der Waals surface area contributed by atoms with Gasteiger partial charge >= 0.3 is 0 Å². The van der Waals surface area contributed by atoms with Crippen LogP contribution in [-0.2, 0) is 12.8 Å². The molecule has 0 saturated carbocycles. The van der Waals surface area contributed by atoms with Gasteiger partial charge in [-0.05, 0) is 47.2 Å². The Hall–Kier alpha value is -1.77. The average Bonchev–Trinajstić information content (AvgIpc) is 2.87. The fraction of sp³-hybridized carbons (Fsp3) is 0.300. The van der Waals surface area contributed by atoms with Crippen LogP contribution < -0.4 is 0 Å². The van der Waals surface area contributed by atoms with Gasteiger partial charge in [-0.1, -0.05) is 41.9 Å². The van der Waals surface area contributed by atoms with Gasteiger partial charge in [0.15, 0.2) is 0 Å². The second kappa shape index (κ2) is 5.70. The molecule has 1 aliphatic heterocycles. The lowest BCUT2D eigenvalue weighted by Gasteiger charge is -2.30. The summed E-state index contributed by atoms with van der Waals surface area (Å²) in [4.78, 5) is 2.52. The molecule has 0 spiro atoms. The number of phenols is 1. The third-order valence-electron chi connectivity index (χ3n) is 5.25. The van der Waals surface area contributed by atoms with Crippen LogP contribution in [0.4, 0.5) is 0 Å². The molecule has 1 N–H and O–H groups in total. The summed E-state index contributed by atoms with van der Waals surface area (Å²) in [6.45, 7) is 5.81. The number of hydrogen-bond acceptors (Lipinski definition) is 2. The van der Waals surface area contributed by atoms with E-state index in [9.17, 15) is 5.11 Å². The maximum absolute atomic E-state index is 10.1. The van der Waals surface area contributed by atoms with Crippen molar-refractivity contribution in [3.05, 3.63) is 76.3 Å². The summed E-state index contributed by atoms with van der Waals surface area (Å²) in [6.07, 6.45) is 4.00. The number of halogens is 1. The van der Waals surface area contributed by atoms with Crippen LogP contribution in [-0.4, -0.2) is 29.1 Å². The topological polar surface area (TPSA) is 23.5 Å². The molecule has 2 nitrogen and oxygen atoms in total. The van der Waals surface area contributed by atoms with Gasteiger partial charge in [-0.2, -0.15) is 0 Å². The van der Waals surface area contributed by atoms with E-state index in [0.717, 1.165) is 25.9 Å². The molecule has 0 amide bonds. The zero-order valence-corrected chi connectivity index (χ0v) is 13.8. The van der Waals surface area contributed by atoms with Crippen molar-refractivity contribution in [3.8, 4) is 5.75 Å². The Morgan fingerprint density at radius 2 is 2.04 bits per heavy atom. The second-order valence-electron chi connectivity index (χ2n) is 6.48. The van der Waals surface area contributed by atoms with Crippen molar-refractivity contribution >= 4 is 11.6 Å². The smallest absolute Gasteiger partial charge is 0.134 e. The van der Waals surface area contributed by atoms with Gasteiger partial charge in [-0.3, -0.25) is 4.90 Å². The highest BCUT2D eigenvalue weighted by molar-refractivity contribution is 6.32. The fourth-order valence-electron chi connectivity index (χ4n) is 4.24. The van der Waals surface area contributed by atoms with Gasteiger partial charge < -0.3 is 5.11 Å². The first kappa shape index (κ1) is 14.8. The van der Waals surface area contributed by atoms with Crippen LogP contribution in [0.25, 0.3) is 0 Å². The summed E-state index contributed by atoms with van der Waals surface area (Å²) in [6, 6.07) is 12.9. The van der Waals surface area contributed by atoms with Gasteiger partial charge in [-0.15, -0.1) is 6.58 Å². The van der Waals surface area contributed by atoms with Crippen molar-refractivity contribution in [2.75, 3.05) is 13.1 Å². The lowest BCUT2D eigenvalue weighted by Crippen LogP contribution is -2.38. The zero-order valence-electron chi connectivity index (χ0n) is 13.0. The van der Waals surface area contributed by atoms with E-state index in [2.05, 4.69) is 35.7 Å². The highest BCUT2D eigenvalue weighted by Gasteiger charge is 2.39. The third kappa shape index (κ3) is 2.37. The van der Waals surface area contributed by atoms with E-state index >= 15 is 0 Å². The van der Waals surface area contributed by atoms with Crippen LogP contribution in [0.1, 0.15) is 28.2 Å². The number of hydrogen-bond donors (Lipinski definition) is 1. The molecule has 0 bridgehead atoms. The number of nitrogens with zero attached hydrogens (tertiary/aromatic N) is 1. The van der Waals surface area contributed by atoms with Crippen molar-refractivity contribution in [2.45, 2.75) is 24.8 Å². The van der Waals surface area contributed by atoms with Crippen LogP contribution in [0.15, 0.2) is 49.1 Å². The molecule has 1 aliphatic carbocycles. The Labute approximate surface area is 142 Å². The Balaban J connectivity index is 1.90. The normalized spacial score (nSPS) is 22.8. The molecule has 2 unspecified atom stereocenters. The van der Waals surface area contributed by atoms with E-state index in [1.165, 1.54) is 22.3 Å². The van der Waals surface area contributed by atoms with Gasteiger partial charge in [-0.25, -0.2) is 0 Å². The van der Waals surface area contributed by atoms with Crippen molar-refractivity contribution in [1.29, 1.82) is 0 Å². The fourth-order valence-corrected chi connectivity index (χ4v) is 4.42. The van der Waals surface area contributed by atoms with Crippen LogP contribution in [0.2, 0.25) is 5.02 Å². The number of rotatable bonds is 2. The zero-order chi connectivity index (χ0) is 16.0. The molecule has 0 aromatic heterocycles. The molecule has 2 aromatic rings. The van der Waals surface area contributed by atoms with Crippen molar-refractivity contribution in [1.82, 2.24) is 4.90 Å². The summed E-state index contributed by atoms with van der Waals surface area (Å²) in [5.41, 5.74) is 5.29. The molecule has 0 saturated heterocycles. The third-order valence-corrected chi connectivity index (χ3v) is 5.55. The predicted molar refractivity (Wildman–Crippen MR) is 94.4 cm³/mol. The first-order valence-corrected chi connectivity index (χ1v) is 8.51.